The molecule has 0 aromatic carbocycles. The highest BCUT2D eigenvalue weighted by Crippen LogP contribution is 2.24. The molecule has 3 nitrogen and oxygen atoms in total. The van der Waals surface area contributed by atoms with Crippen molar-refractivity contribution in [1.29, 1.82) is 0 Å². The molecule has 16 heavy (non-hydrogen) atoms. The summed E-state index contributed by atoms with van der Waals surface area (Å²) in [4.78, 5) is 4.81. The average Bonchev–Trinajstić information content (AvgIpc) is 2.19. The molecule has 0 spiro atoms. The van der Waals surface area contributed by atoms with Crippen LogP contribution >= 0.6 is 0 Å². The first-order chi connectivity index (χ1) is 7.34. The third kappa shape index (κ3) is 4.04. The lowest BCUT2D eigenvalue weighted by Crippen LogP contribution is -2.42. The molecule has 96 valence electrons. The second-order valence-electron chi connectivity index (χ2n) is 6.50. The lowest BCUT2D eigenvalue weighted by molar-refractivity contribution is 0.124. The molecule has 1 heterocycles. The van der Waals surface area contributed by atoms with Gasteiger partial charge in [0.2, 0.25) is 0 Å². The van der Waals surface area contributed by atoms with E-state index in [1.807, 2.05) is 0 Å². The highest BCUT2D eigenvalue weighted by atomic mass is 16.3. The Labute approximate surface area is 100 Å². The van der Waals surface area contributed by atoms with Crippen LogP contribution in [0, 0.1) is 11.3 Å². The number of likely N-dealkylation sites (N-methyl/N-ethyl adjacent to an activating group) is 1. The third-order valence-electron chi connectivity index (χ3n) is 3.26. The molecule has 0 radical (unpaired) electrons. The summed E-state index contributed by atoms with van der Waals surface area (Å²) in [5, 5.41) is 9.44. The van der Waals surface area contributed by atoms with Crippen LogP contribution in [0.5, 0.6) is 0 Å². The molecule has 0 amide bonds. The third-order valence-corrected chi connectivity index (χ3v) is 3.26. The van der Waals surface area contributed by atoms with Gasteiger partial charge in [0.05, 0.1) is 6.61 Å². The molecular formula is C13H28N2O. The van der Waals surface area contributed by atoms with Crippen LogP contribution in [-0.2, 0) is 0 Å². The van der Waals surface area contributed by atoms with E-state index in [0.717, 1.165) is 26.2 Å². The highest BCUT2D eigenvalue weighted by molar-refractivity contribution is 4.86. The van der Waals surface area contributed by atoms with Gasteiger partial charge in [0.15, 0.2) is 0 Å². The van der Waals surface area contributed by atoms with Gasteiger partial charge in [-0.1, -0.05) is 27.7 Å². The second-order valence-corrected chi connectivity index (χ2v) is 6.50. The molecule has 1 atom stereocenters. The van der Waals surface area contributed by atoms with Crippen LogP contribution in [0.4, 0.5) is 0 Å². The minimum atomic E-state index is 0.265. The summed E-state index contributed by atoms with van der Waals surface area (Å²) in [6.07, 6.45) is 0. The van der Waals surface area contributed by atoms with Crippen LogP contribution < -0.4 is 0 Å². The maximum absolute atomic E-state index is 9.44. The van der Waals surface area contributed by atoms with Crippen molar-refractivity contribution in [2.75, 3.05) is 39.8 Å². The average molecular weight is 228 g/mol. The summed E-state index contributed by atoms with van der Waals surface area (Å²) in [5.74, 6) is 0.693. The van der Waals surface area contributed by atoms with E-state index in [2.05, 4.69) is 44.5 Å². The van der Waals surface area contributed by atoms with E-state index in [9.17, 15) is 5.11 Å². The van der Waals surface area contributed by atoms with E-state index in [1.54, 1.807) is 0 Å². The molecule has 0 bridgehead atoms. The zero-order chi connectivity index (χ0) is 12.3. The Morgan fingerprint density at radius 2 is 1.94 bits per heavy atom. The lowest BCUT2D eigenvalue weighted by Gasteiger charge is -2.30. The van der Waals surface area contributed by atoms with Crippen LogP contribution in [0.3, 0.4) is 0 Å². The first-order valence-corrected chi connectivity index (χ1v) is 6.37. The Bertz CT molecular complexity index is 216. The molecule has 0 saturated carbocycles. The summed E-state index contributed by atoms with van der Waals surface area (Å²) in [7, 11) is 2.13. The predicted molar refractivity (Wildman–Crippen MR) is 68.6 cm³/mol. The maximum Gasteiger partial charge on any atom is 0.0599 e. The van der Waals surface area contributed by atoms with Gasteiger partial charge in [-0.3, -0.25) is 4.90 Å². The van der Waals surface area contributed by atoms with Crippen LogP contribution in [-0.4, -0.2) is 60.8 Å². The quantitative estimate of drug-likeness (QED) is 0.788. The molecule has 1 aliphatic heterocycles. The summed E-state index contributed by atoms with van der Waals surface area (Å²) < 4.78 is 0. The fourth-order valence-electron chi connectivity index (χ4n) is 2.81. The van der Waals surface area contributed by atoms with Crippen molar-refractivity contribution < 1.29 is 5.11 Å². The van der Waals surface area contributed by atoms with E-state index in [0.29, 0.717) is 17.4 Å². The molecule has 1 N–H and O–H groups in total. The molecule has 1 saturated heterocycles. The van der Waals surface area contributed by atoms with Crippen molar-refractivity contribution in [2.24, 2.45) is 11.3 Å². The lowest BCUT2D eigenvalue weighted by atomic mass is 9.92. The van der Waals surface area contributed by atoms with Crippen molar-refractivity contribution in [3.05, 3.63) is 0 Å². The number of rotatable bonds is 3. The van der Waals surface area contributed by atoms with Crippen molar-refractivity contribution in [3.63, 3.8) is 0 Å². The Morgan fingerprint density at radius 1 is 1.31 bits per heavy atom. The highest BCUT2D eigenvalue weighted by Gasteiger charge is 2.31. The number of aliphatic hydroxyl groups is 1. The number of nitrogens with zero attached hydrogens (tertiary/aromatic N) is 2. The Hall–Kier alpha value is -0.120. The Balaban J connectivity index is 2.71. The van der Waals surface area contributed by atoms with Gasteiger partial charge in [-0.2, -0.15) is 0 Å². The predicted octanol–water partition coefficient (Wildman–Crippen LogP) is 1.28. The molecule has 0 aromatic heterocycles. The summed E-state index contributed by atoms with van der Waals surface area (Å²) in [5.41, 5.74) is 0.313. The SMILES string of the molecule is CC(C)CN1CC(CO)N(C)CC(C)(C)C1. The molecule has 1 fully saturated rings. The van der Waals surface area contributed by atoms with Crippen LogP contribution in [0.2, 0.25) is 0 Å². The first-order valence-electron chi connectivity index (χ1n) is 6.37. The fourth-order valence-corrected chi connectivity index (χ4v) is 2.81. The Morgan fingerprint density at radius 3 is 2.44 bits per heavy atom. The van der Waals surface area contributed by atoms with Gasteiger partial charge in [-0.05, 0) is 18.4 Å². The zero-order valence-electron chi connectivity index (χ0n) is 11.5. The van der Waals surface area contributed by atoms with Crippen molar-refractivity contribution in [1.82, 2.24) is 9.80 Å². The smallest absolute Gasteiger partial charge is 0.0599 e. The topological polar surface area (TPSA) is 26.7 Å². The van der Waals surface area contributed by atoms with Gasteiger partial charge >= 0.3 is 0 Å². The van der Waals surface area contributed by atoms with E-state index in [1.165, 1.54) is 0 Å². The van der Waals surface area contributed by atoms with Crippen molar-refractivity contribution in [3.8, 4) is 0 Å². The normalized spacial score (nSPS) is 28.3. The van der Waals surface area contributed by atoms with Crippen LogP contribution in [0.15, 0.2) is 0 Å². The summed E-state index contributed by atoms with van der Waals surface area (Å²) in [6.45, 7) is 13.7. The molecule has 1 unspecified atom stereocenters. The van der Waals surface area contributed by atoms with Gasteiger partial charge in [0.1, 0.15) is 0 Å². The monoisotopic (exact) mass is 228 g/mol. The van der Waals surface area contributed by atoms with Crippen LogP contribution in [0.25, 0.3) is 0 Å². The van der Waals surface area contributed by atoms with Gasteiger partial charge in [-0.15, -0.1) is 0 Å². The number of hydrogen-bond donors (Lipinski definition) is 1. The van der Waals surface area contributed by atoms with Crippen molar-refractivity contribution >= 4 is 0 Å². The molecule has 0 aliphatic carbocycles. The molecule has 1 aliphatic rings. The maximum atomic E-state index is 9.44. The van der Waals surface area contributed by atoms with Gasteiger partial charge in [0.25, 0.3) is 0 Å². The molecular weight excluding hydrogens is 200 g/mol. The van der Waals surface area contributed by atoms with E-state index in [-0.39, 0.29) is 6.61 Å². The van der Waals surface area contributed by atoms with Gasteiger partial charge in [0, 0.05) is 32.2 Å². The van der Waals surface area contributed by atoms with E-state index >= 15 is 0 Å². The summed E-state index contributed by atoms with van der Waals surface area (Å²) >= 11 is 0. The number of hydrogen-bond acceptors (Lipinski definition) is 3. The molecule has 3 heteroatoms. The Kier molecular flexibility index (Phi) is 4.77. The summed E-state index contributed by atoms with van der Waals surface area (Å²) in [6, 6.07) is 0.292. The number of aliphatic hydroxyl groups excluding tert-OH is 1. The minimum Gasteiger partial charge on any atom is -0.395 e. The van der Waals surface area contributed by atoms with E-state index < -0.39 is 0 Å². The first kappa shape index (κ1) is 13.9. The molecule has 0 aromatic rings. The minimum absolute atomic E-state index is 0.265. The second kappa shape index (κ2) is 5.48. The molecule has 1 rings (SSSR count). The van der Waals surface area contributed by atoms with Crippen LogP contribution in [0.1, 0.15) is 27.7 Å². The zero-order valence-corrected chi connectivity index (χ0v) is 11.5. The van der Waals surface area contributed by atoms with E-state index in [4.69, 9.17) is 0 Å². The van der Waals surface area contributed by atoms with Gasteiger partial charge in [-0.25, -0.2) is 0 Å². The van der Waals surface area contributed by atoms with Crippen molar-refractivity contribution in [2.45, 2.75) is 33.7 Å². The fraction of sp³-hybridized carbons (Fsp3) is 1.00. The largest absolute Gasteiger partial charge is 0.395 e. The standard InChI is InChI=1S/C13H28N2O/c1-11(2)6-15-7-12(8-16)14(5)9-13(3,4)10-15/h11-12,16H,6-10H2,1-5H3. The van der Waals surface area contributed by atoms with Gasteiger partial charge < -0.3 is 10.0 Å².